The molecule has 8 heteroatoms. The summed E-state index contributed by atoms with van der Waals surface area (Å²) in [7, 11) is 0. The van der Waals surface area contributed by atoms with Crippen molar-refractivity contribution in [2.45, 2.75) is 13.5 Å². The molecule has 1 aromatic heterocycles. The maximum absolute atomic E-state index is 14.1. The van der Waals surface area contributed by atoms with Gasteiger partial charge >= 0.3 is 0 Å². The van der Waals surface area contributed by atoms with Crippen LogP contribution in [0, 0.1) is 5.82 Å². The molecule has 0 aliphatic carbocycles. The average molecular weight is 528 g/mol. The summed E-state index contributed by atoms with van der Waals surface area (Å²) in [6, 6.07) is 26.2. The van der Waals surface area contributed by atoms with Crippen molar-refractivity contribution in [2.24, 2.45) is 5.10 Å². The first kappa shape index (κ1) is 25.2. The van der Waals surface area contributed by atoms with Crippen molar-refractivity contribution >= 4 is 28.7 Å². The third-order valence-electron chi connectivity index (χ3n) is 5.77. The first-order chi connectivity index (χ1) is 18.5. The molecule has 38 heavy (non-hydrogen) atoms. The molecule has 0 unspecified atom stereocenters. The summed E-state index contributed by atoms with van der Waals surface area (Å²) in [6.45, 7) is 2.18. The molecule has 0 atom stereocenters. The van der Waals surface area contributed by atoms with Crippen LogP contribution in [-0.4, -0.2) is 22.5 Å². The van der Waals surface area contributed by atoms with Crippen LogP contribution >= 0.6 is 11.6 Å². The van der Waals surface area contributed by atoms with Gasteiger partial charge in [-0.2, -0.15) is 9.78 Å². The minimum Gasteiger partial charge on any atom is -0.490 e. The van der Waals surface area contributed by atoms with E-state index in [1.165, 1.54) is 17.0 Å². The minimum absolute atomic E-state index is 0.0154. The second-order valence-electron chi connectivity index (χ2n) is 8.32. The van der Waals surface area contributed by atoms with Crippen LogP contribution in [0.1, 0.15) is 18.1 Å². The van der Waals surface area contributed by atoms with Crippen LogP contribution in [0.3, 0.4) is 0 Å². The zero-order valence-corrected chi connectivity index (χ0v) is 21.2. The molecule has 0 fully saturated rings. The fraction of sp³-hybridized carbons (Fsp3) is 0.100. The molecule has 0 aliphatic rings. The van der Waals surface area contributed by atoms with Gasteiger partial charge in [0.15, 0.2) is 17.3 Å². The topological polar surface area (TPSA) is 65.7 Å². The highest BCUT2D eigenvalue weighted by Crippen LogP contribution is 2.37. The molecule has 190 valence electrons. The highest BCUT2D eigenvalue weighted by Gasteiger charge is 2.15. The van der Waals surface area contributed by atoms with E-state index in [-0.39, 0.29) is 23.0 Å². The Morgan fingerprint density at radius 2 is 1.71 bits per heavy atom. The maximum Gasteiger partial charge on any atom is 0.282 e. The van der Waals surface area contributed by atoms with Gasteiger partial charge in [0.25, 0.3) is 5.56 Å². The number of fused-ring (bicyclic) bond motifs is 1. The Kier molecular flexibility index (Phi) is 7.47. The first-order valence-corrected chi connectivity index (χ1v) is 12.4. The molecule has 4 aromatic carbocycles. The molecular formula is C30H23ClFN3O3. The summed E-state index contributed by atoms with van der Waals surface area (Å²) >= 11 is 6.55. The monoisotopic (exact) mass is 527 g/mol. The van der Waals surface area contributed by atoms with Gasteiger partial charge in [-0.3, -0.25) is 4.79 Å². The van der Waals surface area contributed by atoms with Crippen molar-refractivity contribution in [1.29, 1.82) is 0 Å². The highest BCUT2D eigenvalue weighted by molar-refractivity contribution is 6.32. The fourth-order valence-corrected chi connectivity index (χ4v) is 4.23. The SMILES string of the molecule is CCOc1cc(C=Nn2c(-c3ccccc3)nc3ccccc3c2=O)cc(Cl)c1OCc1ccccc1F. The van der Waals surface area contributed by atoms with E-state index >= 15 is 0 Å². The molecule has 0 saturated heterocycles. The summed E-state index contributed by atoms with van der Waals surface area (Å²) in [4.78, 5) is 18.1. The third kappa shape index (κ3) is 5.28. The maximum atomic E-state index is 14.1. The van der Waals surface area contributed by atoms with Crippen molar-refractivity contribution in [3.63, 3.8) is 0 Å². The van der Waals surface area contributed by atoms with Crippen LogP contribution < -0.4 is 15.0 Å². The highest BCUT2D eigenvalue weighted by atomic mass is 35.5. The van der Waals surface area contributed by atoms with Gasteiger partial charge in [0.05, 0.1) is 28.7 Å². The van der Waals surface area contributed by atoms with Crippen molar-refractivity contribution in [3.8, 4) is 22.9 Å². The fourth-order valence-electron chi connectivity index (χ4n) is 3.96. The summed E-state index contributed by atoms with van der Waals surface area (Å²) < 4.78 is 26.9. The largest absolute Gasteiger partial charge is 0.490 e. The van der Waals surface area contributed by atoms with E-state index in [1.807, 2.05) is 43.3 Å². The number of halogens is 2. The van der Waals surface area contributed by atoms with E-state index in [9.17, 15) is 9.18 Å². The van der Waals surface area contributed by atoms with Gasteiger partial charge < -0.3 is 9.47 Å². The predicted octanol–water partition coefficient (Wildman–Crippen LogP) is 6.72. The Hall–Kier alpha value is -4.49. The first-order valence-electron chi connectivity index (χ1n) is 12.0. The molecule has 0 radical (unpaired) electrons. The van der Waals surface area contributed by atoms with Crippen LogP contribution in [0.25, 0.3) is 22.3 Å². The van der Waals surface area contributed by atoms with Crippen LogP contribution in [0.5, 0.6) is 11.5 Å². The summed E-state index contributed by atoms with van der Waals surface area (Å²) in [5.74, 6) is 0.717. The lowest BCUT2D eigenvalue weighted by Gasteiger charge is -2.15. The molecule has 5 aromatic rings. The zero-order chi connectivity index (χ0) is 26.5. The quantitative estimate of drug-likeness (QED) is 0.210. The van der Waals surface area contributed by atoms with E-state index in [1.54, 1.807) is 48.5 Å². The standard InChI is InChI=1S/C30H23ClFN3O3/c1-2-37-27-17-20(16-24(31)28(27)38-19-22-12-6-8-14-25(22)32)18-33-35-29(21-10-4-3-5-11-21)34-26-15-9-7-13-23(26)30(35)36/h3-18H,2,19H2,1H3. The van der Waals surface area contributed by atoms with Crippen LogP contribution in [0.15, 0.2) is 101 Å². The van der Waals surface area contributed by atoms with Gasteiger partial charge in [-0.1, -0.05) is 72.3 Å². The molecule has 0 aliphatic heterocycles. The van der Waals surface area contributed by atoms with Crippen LogP contribution in [-0.2, 0) is 6.61 Å². The Balaban J connectivity index is 1.53. The molecule has 1 heterocycles. The molecule has 0 spiro atoms. The Bertz CT molecular complexity index is 1690. The number of benzene rings is 4. The number of ether oxygens (including phenoxy) is 2. The van der Waals surface area contributed by atoms with Crippen LogP contribution in [0.4, 0.5) is 4.39 Å². The van der Waals surface area contributed by atoms with E-state index in [4.69, 9.17) is 26.1 Å². The van der Waals surface area contributed by atoms with E-state index < -0.39 is 0 Å². The smallest absolute Gasteiger partial charge is 0.282 e. The van der Waals surface area contributed by atoms with E-state index in [0.717, 1.165) is 5.56 Å². The number of aromatic nitrogens is 2. The van der Waals surface area contributed by atoms with Gasteiger partial charge in [0.1, 0.15) is 12.4 Å². The van der Waals surface area contributed by atoms with Crippen molar-refractivity contribution < 1.29 is 13.9 Å². The molecule has 0 bridgehead atoms. The lowest BCUT2D eigenvalue weighted by molar-refractivity contribution is 0.266. The Morgan fingerprint density at radius 3 is 2.50 bits per heavy atom. The third-order valence-corrected chi connectivity index (χ3v) is 6.05. The normalized spacial score (nSPS) is 11.2. The minimum atomic E-state index is -0.367. The van der Waals surface area contributed by atoms with E-state index in [2.05, 4.69) is 5.10 Å². The Labute approximate surface area is 223 Å². The number of rotatable bonds is 8. The predicted molar refractivity (Wildman–Crippen MR) is 148 cm³/mol. The lowest BCUT2D eigenvalue weighted by Crippen LogP contribution is -2.20. The molecular weight excluding hydrogens is 505 g/mol. The number of hydrogen-bond donors (Lipinski definition) is 0. The second-order valence-corrected chi connectivity index (χ2v) is 8.73. The average Bonchev–Trinajstić information content (AvgIpc) is 2.93. The molecule has 0 N–H and O–H groups in total. The number of hydrogen-bond acceptors (Lipinski definition) is 5. The molecule has 5 rings (SSSR count). The van der Waals surface area contributed by atoms with Gasteiger partial charge in [-0.05, 0) is 42.8 Å². The number of nitrogens with zero attached hydrogens (tertiary/aromatic N) is 3. The van der Waals surface area contributed by atoms with Crippen LogP contribution in [0.2, 0.25) is 5.02 Å². The molecule has 6 nitrogen and oxygen atoms in total. The summed E-state index contributed by atoms with van der Waals surface area (Å²) in [5, 5.41) is 5.21. The van der Waals surface area contributed by atoms with Gasteiger partial charge in [0, 0.05) is 11.1 Å². The second kappa shape index (κ2) is 11.3. The summed E-state index contributed by atoms with van der Waals surface area (Å²) in [6.07, 6.45) is 1.51. The zero-order valence-electron chi connectivity index (χ0n) is 20.5. The Morgan fingerprint density at radius 1 is 0.974 bits per heavy atom. The van der Waals surface area contributed by atoms with Crippen molar-refractivity contribution in [1.82, 2.24) is 9.66 Å². The molecule has 0 saturated carbocycles. The van der Waals surface area contributed by atoms with Gasteiger partial charge in [0.2, 0.25) is 0 Å². The van der Waals surface area contributed by atoms with E-state index in [0.29, 0.717) is 46.0 Å². The van der Waals surface area contributed by atoms with Gasteiger partial charge in [-0.25, -0.2) is 9.37 Å². The lowest BCUT2D eigenvalue weighted by atomic mass is 10.2. The van der Waals surface area contributed by atoms with Crippen molar-refractivity contribution in [2.75, 3.05) is 6.61 Å². The molecule has 0 amide bonds. The summed E-state index contributed by atoms with van der Waals surface area (Å²) in [5.41, 5.74) is 2.01. The number of para-hydroxylation sites is 1. The van der Waals surface area contributed by atoms with Crippen molar-refractivity contribution in [3.05, 3.63) is 123 Å². The van der Waals surface area contributed by atoms with Gasteiger partial charge in [-0.15, -0.1) is 0 Å².